The number of aromatic nitrogens is 1. The largest absolute Gasteiger partial charge is 0.574 e. The number of hydrogen-bond donors (Lipinski definition) is 1. The third-order valence-electron chi connectivity index (χ3n) is 1.41. The van der Waals surface area contributed by atoms with E-state index in [1.54, 1.807) is 0 Å². The Labute approximate surface area is 94.0 Å². The summed E-state index contributed by atoms with van der Waals surface area (Å²) in [7, 11) is 0. The number of halogens is 6. The Morgan fingerprint density at radius 2 is 1.94 bits per heavy atom. The molecule has 0 saturated heterocycles. The number of alkyl halides is 5. The standard InChI is InChI=1S/C7H3BrF5NO2/c8-5-4(15)2(6(9)10)1-3(14-5)16-7(11,12)13/h1,6,15H. The minimum Gasteiger partial charge on any atom is -0.505 e. The molecule has 0 saturated carbocycles. The fraction of sp³-hybridized carbons (Fsp3) is 0.286. The summed E-state index contributed by atoms with van der Waals surface area (Å²) in [5.74, 6) is -2.00. The predicted octanol–water partition coefficient (Wildman–Crippen LogP) is 3.39. The van der Waals surface area contributed by atoms with Crippen molar-refractivity contribution in [1.82, 2.24) is 4.98 Å². The van der Waals surface area contributed by atoms with Crippen LogP contribution in [0.3, 0.4) is 0 Å². The van der Waals surface area contributed by atoms with Gasteiger partial charge in [0.25, 0.3) is 6.43 Å². The van der Waals surface area contributed by atoms with Crippen LogP contribution in [0.15, 0.2) is 10.7 Å². The molecule has 90 valence electrons. The maximum Gasteiger partial charge on any atom is 0.574 e. The second-order valence-electron chi connectivity index (χ2n) is 2.54. The zero-order valence-corrected chi connectivity index (χ0v) is 8.81. The first kappa shape index (κ1) is 12.9. The van der Waals surface area contributed by atoms with Crippen LogP contribution in [0.4, 0.5) is 22.0 Å². The Balaban J connectivity index is 3.14. The lowest BCUT2D eigenvalue weighted by molar-refractivity contribution is -0.276. The molecule has 3 nitrogen and oxygen atoms in total. The summed E-state index contributed by atoms with van der Waals surface area (Å²) < 4.78 is 62.7. The van der Waals surface area contributed by atoms with E-state index < -0.39 is 34.6 Å². The van der Waals surface area contributed by atoms with Crippen LogP contribution >= 0.6 is 15.9 Å². The zero-order valence-electron chi connectivity index (χ0n) is 7.23. The van der Waals surface area contributed by atoms with E-state index in [4.69, 9.17) is 5.11 Å². The van der Waals surface area contributed by atoms with Gasteiger partial charge in [0.2, 0.25) is 5.88 Å². The molecule has 1 N–H and O–H groups in total. The number of aromatic hydroxyl groups is 1. The Hall–Kier alpha value is -1.12. The molecule has 0 spiro atoms. The lowest BCUT2D eigenvalue weighted by Gasteiger charge is -2.11. The van der Waals surface area contributed by atoms with Crippen molar-refractivity contribution in [3.8, 4) is 11.6 Å². The number of hydrogen-bond acceptors (Lipinski definition) is 3. The predicted molar refractivity (Wildman–Crippen MR) is 45.2 cm³/mol. The van der Waals surface area contributed by atoms with E-state index in [0.717, 1.165) is 0 Å². The fourth-order valence-corrected chi connectivity index (χ4v) is 1.24. The topological polar surface area (TPSA) is 42.4 Å². The second kappa shape index (κ2) is 4.40. The molecule has 0 aliphatic rings. The number of ether oxygens (including phenoxy) is 1. The van der Waals surface area contributed by atoms with E-state index in [1.165, 1.54) is 0 Å². The van der Waals surface area contributed by atoms with Gasteiger partial charge < -0.3 is 9.84 Å². The first-order chi connectivity index (χ1) is 7.20. The average molecular weight is 308 g/mol. The maximum atomic E-state index is 12.3. The summed E-state index contributed by atoms with van der Waals surface area (Å²) in [6.07, 6.45) is -8.18. The summed E-state index contributed by atoms with van der Waals surface area (Å²) >= 11 is 2.53. The van der Waals surface area contributed by atoms with Gasteiger partial charge in [0.05, 0.1) is 5.56 Å². The summed E-state index contributed by atoms with van der Waals surface area (Å²) in [5, 5.41) is 9.06. The molecule has 0 aromatic carbocycles. The van der Waals surface area contributed by atoms with E-state index in [-0.39, 0.29) is 0 Å². The summed E-state index contributed by atoms with van der Waals surface area (Å²) in [5.41, 5.74) is -0.999. The molecule has 0 radical (unpaired) electrons. The smallest absolute Gasteiger partial charge is 0.505 e. The quantitative estimate of drug-likeness (QED) is 0.673. The van der Waals surface area contributed by atoms with Gasteiger partial charge >= 0.3 is 6.36 Å². The van der Waals surface area contributed by atoms with E-state index in [1.807, 2.05) is 0 Å². The van der Waals surface area contributed by atoms with Crippen LogP contribution in [0.5, 0.6) is 11.6 Å². The van der Waals surface area contributed by atoms with Gasteiger partial charge in [-0.25, -0.2) is 13.8 Å². The Morgan fingerprint density at radius 1 is 1.38 bits per heavy atom. The molecular weight excluding hydrogens is 305 g/mol. The van der Waals surface area contributed by atoms with Gasteiger partial charge in [-0.1, -0.05) is 0 Å². The molecular formula is C7H3BrF5NO2. The van der Waals surface area contributed by atoms with Crippen LogP contribution in [-0.4, -0.2) is 16.5 Å². The molecule has 1 aromatic heterocycles. The molecule has 9 heteroatoms. The fourth-order valence-electron chi connectivity index (χ4n) is 0.840. The van der Waals surface area contributed by atoms with Crippen molar-refractivity contribution in [2.45, 2.75) is 12.8 Å². The van der Waals surface area contributed by atoms with Crippen LogP contribution in [0.2, 0.25) is 0 Å². The molecule has 0 fully saturated rings. The third-order valence-corrected chi connectivity index (χ3v) is 1.96. The van der Waals surface area contributed by atoms with Crippen LogP contribution in [0.25, 0.3) is 0 Å². The second-order valence-corrected chi connectivity index (χ2v) is 3.29. The average Bonchev–Trinajstić information content (AvgIpc) is 2.07. The minimum atomic E-state index is -5.04. The molecule has 1 aromatic rings. The highest BCUT2D eigenvalue weighted by Crippen LogP contribution is 2.36. The zero-order chi connectivity index (χ0) is 12.5. The lowest BCUT2D eigenvalue weighted by Crippen LogP contribution is -2.18. The van der Waals surface area contributed by atoms with E-state index in [9.17, 15) is 22.0 Å². The van der Waals surface area contributed by atoms with E-state index in [2.05, 4.69) is 25.7 Å². The molecule has 0 aliphatic heterocycles. The third kappa shape index (κ3) is 3.19. The maximum absolute atomic E-state index is 12.3. The van der Waals surface area contributed by atoms with Crippen LogP contribution in [0.1, 0.15) is 12.0 Å². The molecule has 1 heterocycles. The first-order valence-corrected chi connectivity index (χ1v) is 4.43. The van der Waals surface area contributed by atoms with Gasteiger partial charge in [-0.05, 0) is 15.9 Å². The summed E-state index contributed by atoms with van der Waals surface area (Å²) in [6, 6.07) is 0.318. The Morgan fingerprint density at radius 3 is 2.38 bits per heavy atom. The number of pyridine rings is 1. The Kier molecular flexibility index (Phi) is 3.56. The molecule has 0 bridgehead atoms. The molecule has 0 amide bonds. The van der Waals surface area contributed by atoms with Crippen molar-refractivity contribution in [2.75, 3.05) is 0 Å². The van der Waals surface area contributed by atoms with Crippen molar-refractivity contribution < 1.29 is 31.8 Å². The van der Waals surface area contributed by atoms with Crippen molar-refractivity contribution in [3.05, 3.63) is 16.2 Å². The van der Waals surface area contributed by atoms with Crippen LogP contribution < -0.4 is 4.74 Å². The molecule has 0 unspecified atom stereocenters. The van der Waals surface area contributed by atoms with Crippen molar-refractivity contribution in [3.63, 3.8) is 0 Å². The van der Waals surface area contributed by atoms with Gasteiger partial charge in [-0.2, -0.15) is 0 Å². The van der Waals surface area contributed by atoms with Crippen LogP contribution in [0, 0.1) is 0 Å². The molecule has 0 aliphatic carbocycles. The normalized spacial score (nSPS) is 11.9. The van der Waals surface area contributed by atoms with E-state index in [0.29, 0.717) is 6.07 Å². The SMILES string of the molecule is Oc1c(C(F)F)cc(OC(F)(F)F)nc1Br. The van der Waals surface area contributed by atoms with Gasteiger partial charge in [0.15, 0.2) is 10.4 Å². The van der Waals surface area contributed by atoms with Crippen molar-refractivity contribution in [2.24, 2.45) is 0 Å². The van der Waals surface area contributed by atoms with E-state index >= 15 is 0 Å². The number of rotatable bonds is 2. The van der Waals surface area contributed by atoms with Gasteiger partial charge in [-0.3, -0.25) is 0 Å². The first-order valence-electron chi connectivity index (χ1n) is 3.64. The summed E-state index contributed by atoms with van der Waals surface area (Å²) in [6.45, 7) is 0. The molecule has 1 rings (SSSR count). The van der Waals surface area contributed by atoms with Crippen LogP contribution in [-0.2, 0) is 0 Å². The molecule has 0 atom stereocenters. The van der Waals surface area contributed by atoms with Crippen molar-refractivity contribution in [1.29, 1.82) is 0 Å². The summed E-state index contributed by atoms with van der Waals surface area (Å²) in [4.78, 5) is 3.09. The van der Waals surface area contributed by atoms with Gasteiger partial charge in [-0.15, -0.1) is 13.2 Å². The number of nitrogens with zero attached hydrogens (tertiary/aromatic N) is 1. The Bertz CT molecular complexity index is 395. The monoisotopic (exact) mass is 307 g/mol. The minimum absolute atomic E-state index is 0.318. The van der Waals surface area contributed by atoms with Gasteiger partial charge in [0, 0.05) is 6.07 Å². The van der Waals surface area contributed by atoms with Crippen molar-refractivity contribution >= 4 is 15.9 Å². The highest BCUT2D eigenvalue weighted by molar-refractivity contribution is 9.10. The highest BCUT2D eigenvalue weighted by atomic mass is 79.9. The lowest BCUT2D eigenvalue weighted by atomic mass is 10.2. The highest BCUT2D eigenvalue weighted by Gasteiger charge is 2.33. The van der Waals surface area contributed by atoms with Gasteiger partial charge in [0.1, 0.15) is 0 Å². The molecule has 16 heavy (non-hydrogen) atoms.